The topological polar surface area (TPSA) is 61.8 Å². The van der Waals surface area contributed by atoms with Crippen LogP contribution in [-0.4, -0.2) is 29.7 Å². The van der Waals surface area contributed by atoms with Crippen molar-refractivity contribution in [3.05, 3.63) is 30.3 Å². The number of hydrogen-bond acceptors (Lipinski definition) is 5. The fourth-order valence-electron chi connectivity index (χ4n) is 2.57. The molecule has 1 aromatic carbocycles. The van der Waals surface area contributed by atoms with E-state index < -0.39 is 29.6 Å². The molecule has 0 radical (unpaired) electrons. The quantitative estimate of drug-likeness (QED) is 0.579. The molecule has 152 valence electrons. The van der Waals surface area contributed by atoms with Crippen molar-refractivity contribution in [2.24, 2.45) is 11.8 Å². The maximum Gasteiger partial charge on any atom is 0.309 e. The predicted octanol–water partition coefficient (Wildman–Crippen LogP) is 4.78. The van der Waals surface area contributed by atoms with Crippen molar-refractivity contribution in [3.8, 4) is 5.75 Å². The van der Waals surface area contributed by atoms with Crippen LogP contribution in [0.1, 0.15) is 61.3 Å². The lowest BCUT2D eigenvalue weighted by molar-refractivity contribution is -0.166. The van der Waals surface area contributed by atoms with Gasteiger partial charge in [-0.1, -0.05) is 39.0 Å². The van der Waals surface area contributed by atoms with Gasteiger partial charge in [-0.05, 0) is 52.2 Å². The molecule has 1 rings (SSSR count). The number of hydrogen-bond donors (Lipinski definition) is 0. The standard InChI is InChI=1S/C22H34O5/c1-15(2)13-19(17(4)25-18-11-9-8-10-12-18)26-21(24)16(3)14-20(23)27-22(5,6)7/h8-12,15-17,19H,13-14H2,1-7H3/t16-,17+,19+/m1/s1. The van der Waals surface area contributed by atoms with E-state index in [9.17, 15) is 9.59 Å². The van der Waals surface area contributed by atoms with Gasteiger partial charge in [-0.2, -0.15) is 0 Å². The van der Waals surface area contributed by atoms with Crippen molar-refractivity contribution in [2.45, 2.75) is 79.1 Å². The zero-order chi connectivity index (χ0) is 20.6. The van der Waals surface area contributed by atoms with Gasteiger partial charge in [-0.3, -0.25) is 9.59 Å². The maximum absolute atomic E-state index is 12.5. The second-order valence-corrected chi connectivity index (χ2v) is 8.43. The van der Waals surface area contributed by atoms with Crippen molar-refractivity contribution in [1.29, 1.82) is 0 Å². The van der Waals surface area contributed by atoms with E-state index in [-0.39, 0.29) is 12.5 Å². The monoisotopic (exact) mass is 378 g/mol. The van der Waals surface area contributed by atoms with Crippen molar-refractivity contribution < 1.29 is 23.8 Å². The third-order valence-corrected chi connectivity index (χ3v) is 3.86. The number of carbonyl (C=O) groups excluding carboxylic acids is 2. The predicted molar refractivity (Wildman–Crippen MR) is 105 cm³/mol. The highest BCUT2D eigenvalue weighted by atomic mass is 16.6. The van der Waals surface area contributed by atoms with Gasteiger partial charge in [0, 0.05) is 0 Å². The normalized spacial score (nSPS) is 15.0. The Morgan fingerprint density at radius 1 is 1.00 bits per heavy atom. The van der Waals surface area contributed by atoms with E-state index in [1.807, 2.05) is 37.3 Å². The van der Waals surface area contributed by atoms with E-state index in [2.05, 4.69) is 13.8 Å². The van der Waals surface area contributed by atoms with Gasteiger partial charge in [0.1, 0.15) is 23.6 Å². The van der Waals surface area contributed by atoms with Gasteiger partial charge in [0.2, 0.25) is 0 Å². The number of rotatable bonds is 9. The Bertz CT molecular complexity index is 588. The first-order valence-corrected chi connectivity index (χ1v) is 9.62. The number of para-hydroxylation sites is 1. The molecule has 0 N–H and O–H groups in total. The minimum absolute atomic E-state index is 0.00156. The molecule has 0 aliphatic carbocycles. The van der Waals surface area contributed by atoms with Gasteiger partial charge in [0.05, 0.1) is 12.3 Å². The minimum Gasteiger partial charge on any atom is -0.487 e. The Morgan fingerprint density at radius 3 is 2.11 bits per heavy atom. The summed E-state index contributed by atoms with van der Waals surface area (Å²) in [7, 11) is 0. The zero-order valence-electron chi connectivity index (χ0n) is 17.7. The summed E-state index contributed by atoms with van der Waals surface area (Å²) in [6.45, 7) is 13.1. The lowest BCUT2D eigenvalue weighted by Gasteiger charge is -2.27. The average Bonchev–Trinajstić information content (AvgIpc) is 2.52. The molecule has 27 heavy (non-hydrogen) atoms. The highest BCUT2D eigenvalue weighted by Crippen LogP contribution is 2.21. The third kappa shape index (κ3) is 9.45. The molecule has 0 amide bonds. The van der Waals surface area contributed by atoms with Crippen LogP contribution in [0, 0.1) is 11.8 Å². The molecule has 0 saturated heterocycles. The molecule has 0 fully saturated rings. The Balaban J connectivity index is 2.68. The molecule has 0 aliphatic heterocycles. The molecular formula is C22H34O5. The lowest BCUT2D eigenvalue weighted by Crippen LogP contribution is -2.36. The van der Waals surface area contributed by atoms with Gasteiger partial charge in [-0.25, -0.2) is 0 Å². The molecule has 0 aromatic heterocycles. The van der Waals surface area contributed by atoms with E-state index in [0.717, 1.165) is 5.75 Å². The molecule has 1 aromatic rings. The van der Waals surface area contributed by atoms with Crippen LogP contribution >= 0.6 is 0 Å². The van der Waals surface area contributed by atoms with Crippen molar-refractivity contribution in [1.82, 2.24) is 0 Å². The van der Waals surface area contributed by atoms with Crippen LogP contribution < -0.4 is 4.74 Å². The number of ether oxygens (including phenoxy) is 3. The van der Waals surface area contributed by atoms with Crippen LogP contribution in [0.15, 0.2) is 30.3 Å². The van der Waals surface area contributed by atoms with E-state index in [1.54, 1.807) is 27.7 Å². The van der Waals surface area contributed by atoms with Crippen LogP contribution in [0.2, 0.25) is 0 Å². The molecule has 0 spiro atoms. The molecule has 0 heterocycles. The molecule has 0 bridgehead atoms. The van der Waals surface area contributed by atoms with E-state index >= 15 is 0 Å². The average molecular weight is 379 g/mol. The number of esters is 2. The van der Waals surface area contributed by atoms with Crippen LogP contribution in [-0.2, 0) is 19.1 Å². The van der Waals surface area contributed by atoms with Gasteiger partial charge in [0.25, 0.3) is 0 Å². The SMILES string of the molecule is CC(C)C[C@H](OC(=O)[C@H](C)CC(=O)OC(C)(C)C)[C@H](C)Oc1ccccc1. The Labute approximate surface area is 163 Å². The number of benzene rings is 1. The highest BCUT2D eigenvalue weighted by molar-refractivity contribution is 5.79. The van der Waals surface area contributed by atoms with Gasteiger partial charge in [-0.15, -0.1) is 0 Å². The Hall–Kier alpha value is -2.04. The summed E-state index contributed by atoms with van der Waals surface area (Å²) >= 11 is 0. The van der Waals surface area contributed by atoms with E-state index in [4.69, 9.17) is 14.2 Å². The summed E-state index contributed by atoms with van der Waals surface area (Å²) in [5, 5.41) is 0. The third-order valence-electron chi connectivity index (χ3n) is 3.86. The van der Waals surface area contributed by atoms with Crippen LogP contribution in [0.25, 0.3) is 0 Å². The highest BCUT2D eigenvalue weighted by Gasteiger charge is 2.29. The maximum atomic E-state index is 12.5. The minimum atomic E-state index is -0.571. The zero-order valence-corrected chi connectivity index (χ0v) is 17.7. The Kier molecular flexibility index (Phi) is 8.80. The van der Waals surface area contributed by atoms with Crippen molar-refractivity contribution in [2.75, 3.05) is 0 Å². The summed E-state index contributed by atoms with van der Waals surface area (Å²) in [5.74, 6) is -0.309. The lowest BCUT2D eigenvalue weighted by atomic mass is 10.0. The molecule has 0 aliphatic rings. The summed E-state index contributed by atoms with van der Waals surface area (Å²) in [4.78, 5) is 24.5. The van der Waals surface area contributed by atoms with Gasteiger partial charge >= 0.3 is 11.9 Å². The Morgan fingerprint density at radius 2 is 1.59 bits per heavy atom. The van der Waals surface area contributed by atoms with E-state index in [1.165, 1.54) is 0 Å². The summed E-state index contributed by atoms with van der Waals surface area (Å²) in [5.41, 5.74) is -0.571. The molecule has 5 heteroatoms. The fraction of sp³-hybridized carbons (Fsp3) is 0.636. The van der Waals surface area contributed by atoms with E-state index in [0.29, 0.717) is 12.3 Å². The fourth-order valence-corrected chi connectivity index (χ4v) is 2.57. The number of carbonyl (C=O) groups is 2. The first kappa shape index (κ1) is 23.0. The molecule has 3 atom stereocenters. The van der Waals surface area contributed by atoms with Gasteiger partial charge in [0.15, 0.2) is 0 Å². The van der Waals surface area contributed by atoms with Crippen LogP contribution in [0.5, 0.6) is 5.75 Å². The molecule has 0 unspecified atom stereocenters. The van der Waals surface area contributed by atoms with Crippen molar-refractivity contribution in [3.63, 3.8) is 0 Å². The van der Waals surface area contributed by atoms with Gasteiger partial charge < -0.3 is 14.2 Å². The second kappa shape index (κ2) is 10.3. The van der Waals surface area contributed by atoms with Crippen molar-refractivity contribution >= 4 is 11.9 Å². The van der Waals surface area contributed by atoms with Crippen LogP contribution in [0.3, 0.4) is 0 Å². The molecule has 5 nitrogen and oxygen atoms in total. The summed E-state index contributed by atoms with van der Waals surface area (Å²) in [6.07, 6.45) is -0.0107. The smallest absolute Gasteiger partial charge is 0.309 e. The largest absolute Gasteiger partial charge is 0.487 e. The van der Waals surface area contributed by atoms with Crippen LogP contribution in [0.4, 0.5) is 0 Å². The molecule has 0 saturated carbocycles. The second-order valence-electron chi connectivity index (χ2n) is 8.43. The summed E-state index contributed by atoms with van der Waals surface area (Å²) in [6, 6.07) is 9.45. The molecular weight excluding hydrogens is 344 g/mol. The summed E-state index contributed by atoms with van der Waals surface area (Å²) < 4.78 is 16.9. The first-order valence-electron chi connectivity index (χ1n) is 9.62. The first-order chi connectivity index (χ1) is 12.5.